The maximum absolute atomic E-state index is 13.2. The second-order valence-corrected chi connectivity index (χ2v) is 9.63. The first-order valence-electron chi connectivity index (χ1n) is 13.7. The van der Waals surface area contributed by atoms with Crippen molar-refractivity contribution in [3.63, 3.8) is 0 Å². The Kier molecular flexibility index (Phi) is 10.8. The molecular weight excluding hydrogens is 581 g/mol. The van der Waals surface area contributed by atoms with Crippen molar-refractivity contribution in [2.45, 2.75) is 38.3 Å². The van der Waals surface area contributed by atoms with E-state index in [9.17, 15) is 22.8 Å². The number of hydrogen-bond acceptors (Lipinski definition) is 7. The summed E-state index contributed by atoms with van der Waals surface area (Å²) < 4.78 is 57.2. The van der Waals surface area contributed by atoms with Crippen LogP contribution in [0.4, 0.5) is 29.3 Å². The number of nitrogens with zero attached hydrogens (tertiary/aromatic N) is 1. The van der Waals surface area contributed by atoms with Crippen LogP contribution in [0.5, 0.6) is 23.0 Å². The Morgan fingerprint density at radius 1 is 0.886 bits per heavy atom. The van der Waals surface area contributed by atoms with Crippen LogP contribution >= 0.6 is 0 Å². The number of urea groups is 1. The van der Waals surface area contributed by atoms with Crippen LogP contribution in [-0.2, 0) is 11.0 Å². The highest BCUT2D eigenvalue weighted by molar-refractivity contribution is 6.00. The Morgan fingerprint density at radius 3 is 2.36 bits per heavy atom. The molecule has 1 heterocycles. The van der Waals surface area contributed by atoms with Crippen LogP contribution in [0.25, 0.3) is 10.9 Å². The zero-order valence-electron chi connectivity index (χ0n) is 23.7. The Hall–Kier alpha value is -5.04. The standard InChI is InChI=1S/C31H31F3N4O6/c1-42-27-18-22-25(19-28(27)43-17-7-3-2-4-10-29(39)38-41)35-16-15-26(22)44-21-13-11-20(12-14-21)36-30(40)37-24-9-6-5-8-23(24)31(32,33)34/h5-6,8-9,11-16,18-19,41H,2-4,7,10,17H2,1H3,(H,38,39)(H2,36,37,40). The van der Waals surface area contributed by atoms with Gasteiger partial charge in [0.1, 0.15) is 11.5 Å². The number of amides is 3. The molecule has 0 aliphatic rings. The van der Waals surface area contributed by atoms with Gasteiger partial charge in [0.15, 0.2) is 11.5 Å². The number of hydrogen-bond donors (Lipinski definition) is 4. The molecule has 44 heavy (non-hydrogen) atoms. The summed E-state index contributed by atoms with van der Waals surface area (Å²) in [5, 5.41) is 13.9. The van der Waals surface area contributed by atoms with E-state index in [1.807, 2.05) is 0 Å². The van der Waals surface area contributed by atoms with E-state index in [1.165, 1.54) is 25.3 Å². The molecule has 0 fully saturated rings. The van der Waals surface area contributed by atoms with Gasteiger partial charge in [-0.2, -0.15) is 13.2 Å². The first-order chi connectivity index (χ1) is 21.2. The molecule has 3 aromatic carbocycles. The number of para-hydroxylation sites is 1. The molecule has 0 saturated heterocycles. The number of hydroxylamine groups is 1. The fourth-order valence-corrected chi connectivity index (χ4v) is 4.33. The largest absolute Gasteiger partial charge is 0.493 e. The normalized spacial score (nSPS) is 11.1. The molecule has 4 aromatic rings. The lowest BCUT2D eigenvalue weighted by Crippen LogP contribution is -2.21. The van der Waals surface area contributed by atoms with Crippen molar-refractivity contribution >= 4 is 34.2 Å². The van der Waals surface area contributed by atoms with E-state index in [0.29, 0.717) is 52.6 Å². The lowest BCUT2D eigenvalue weighted by atomic mass is 10.1. The first-order valence-corrected chi connectivity index (χ1v) is 13.7. The molecule has 4 rings (SSSR count). The van der Waals surface area contributed by atoms with E-state index in [1.54, 1.807) is 54.1 Å². The van der Waals surface area contributed by atoms with Gasteiger partial charge in [0.25, 0.3) is 0 Å². The molecular formula is C31H31F3N4O6. The number of alkyl halides is 3. The van der Waals surface area contributed by atoms with Gasteiger partial charge in [-0.3, -0.25) is 15.0 Å². The summed E-state index contributed by atoms with van der Waals surface area (Å²) in [6.45, 7) is 0.442. The van der Waals surface area contributed by atoms with Gasteiger partial charge >= 0.3 is 12.2 Å². The number of nitrogens with one attached hydrogen (secondary N) is 3. The number of benzene rings is 3. The highest BCUT2D eigenvalue weighted by Gasteiger charge is 2.33. The van der Waals surface area contributed by atoms with E-state index in [-0.39, 0.29) is 12.1 Å². The highest BCUT2D eigenvalue weighted by Crippen LogP contribution is 2.38. The van der Waals surface area contributed by atoms with Crippen LogP contribution < -0.4 is 30.3 Å². The van der Waals surface area contributed by atoms with Crippen LogP contribution in [0.2, 0.25) is 0 Å². The second kappa shape index (κ2) is 14.9. The van der Waals surface area contributed by atoms with Crippen molar-refractivity contribution in [3.05, 3.63) is 78.5 Å². The predicted molar refractivity (Wildman–Crippen MR) is 157 cm³/mol. The number of halogens is 3. The molecule has 0 radical (unpaired) electrons. The molecule has 0 aliphatic carbocycles. The highest BCUT2D eigenvalue weighted by atomic mass is 19.4. The number of pyridine rings is 1. The molecule has 10 nitrogen and oxygen atoms in total. The van der Waals surface area contributed by atoms with Gasteiger partial charge in [-0.1, -0.05) is 25.0 Å². The number of unbranched alkanes of at least 4 members (excludes halogenated alkanes) is 3. The maximum Gasteiger partial charge on any atom is 0.418 e. The quantitative estimate of drug-likeness (QED) is 0.0697. The van der Waals surface area contributed by atoms with Crippen molar-refractivity contribution in [1.82, 2.24) is 10.5 Å². The number of aromatic nitrogens is 1. The van der Waals surface area contributed by atoms with Crippen molar-refractivity contribution in [3.8, 4) is 23.0 Å². The molecule has 232 valence electrons. The van der Waals surface area contributed by atoms with Crippen LogP contribution in [0.3, 0.4) is 0 Å². The van der Waals surface area contributed by atoms with Crippen LogP contribution in [0.15, 0.2) is 72.9 Å². The monoisotopic (exact) mass is 612 g/mol. The molecule has 0 spiro atoms. The summed E-state index contributed by atoms with van der Waals surface area (Å²) in [6.07, 6.45) is 0.385. The lowest BCUT2D eigenvalue weighted by Gasteiger charge is -2.15. The topological polar surface area (TPSA) is 131 Å². The van der Waals surface area contributed by atoms with Crippen molar-refractivity contribution < 1.29 is 42.2 Å². The van der Waals surface area contributed by atoms with Crippen molar-refractivity contribution in [2.75, 3.05) is 24.4 Å². The van der Waals surface area contributed by atoms with E-state index in [2.05, 4.69) is 15.6 Å². The molecule has 0 aliphatic heterocycles. The summed E-state index contributed by atoms with van der Waals surface area (Å²) in [5.74, 6) is 1.56. The van der Waals surface area contributed by atoms with E-state index < -0.39 is 23.7 Å². The minimum atomic E-state index is -4.61. The first kappa shape index (κ1) is 31.9. The van der Waals surface area contributed by atoms with Gasteiger partial charge in [0.2, 0.25) is 5.91 Å². The molecule has 0 unspecified atom stereocenters. The van der Waals surface area contributed by atoms with E-state index in [0.717, 1.165) is 25.3 Å². The zero-order chi connectivity index (χ0) is 31.5. The van der Waals surface area contributed by atoms with Crippen LogP contribution in [-0.4, -0.2) is 35.8 Å². The second-order valence-electron chi connectivity index (χ2n) is 9.63. The Balaban J connectivity index is 1.36. The van der Waals surface area contributed by atoms with Gasteiger partial charge in [0, 0.05) is 29.8 Å². The SMILES string of the molecule is COc1cc2c(Oc3ccc(NC(=O)Nc4ccccc4C(F)(F)F)cc3)ccnc2cc1OCCCCCCC(=O)NO. The third kappa shape index (κ3) is 8.74. The number of carbonyl (C=O) groups excluding carboxylic acids is 2. The summed E-state index contributed by atoms with van der Waals surface area (Å²) in [7, 11) is 1.53. The lowest BCUT2D eigenvalue weighted by molar-refractivity contribution is -0.137. The Bertz CT molecular complexity index is 1580. The number of rotatable bonds is 13. The van der Waals surface area contributed by atoms with Crippen molar-refractivity contribution in [1.29, 1.82) is 0 Å². The smallest absolute Gasteiger partial charge is 0.418 e. The molecule has 4 N–H and O–H groups in total. The molecule has 0 atom stereocenters. The van der Waals surface area contributed by atoms with Gasteiger partial charge < -0.3 is 24.8 Å². The van der Waals surface area contributed by atoms with Crippen molar-refractivity contribution in [2.24, 2.45) is 0 Å². The van der Waals surface area contributed by atoms with Gasteiger partial charge in [-0.25, -0.2) is 10.3 Å². The summed E-state index contributed by atoms with van der Waals surface area (Å²) in [6, 6.07) is 15.4. The molecule has 1 aromatic heterocycles. The van der Waals surface area contributed by atoms with E-state index in [4.69, 9.17) is 19.4 Å². The number of anilines is 2. The summed E-state index contributed by atoms with van der Waals surface area (Å²) in [4.78, 5) is 27.8. The molecule has 0 bridgehead atoms. The third-order valence-electron chi connectivity index (χ3n) is 6.49. The number of ether oxygens (including phenoxy) is 3. The molecule has 13 heteroatoms. The van der Waals surface area contributed by atoms with Gasteiger partial charge in [-0.15, -0.1) is 0 Å². The van der Waals surface area contributed by atoms with Gasteiger partial charge in [0.05, 0.1) is 30.5 Å². The third-order valence-corrected chi connectivity index (χ3v) is 6.49. The predicted octanol–water partition coefficient (Wildman–Crippen LogP) is 7.53. The molecule has 3 amide bonds. The van der Waals surface area contributed by atoms with Crippen LogP contribution in [0, 0.1) is 0 Å². The zero-order valence-corrected chi connectivity index (χ0v) is 23.7. The number of carbonyl (C=O) groups is 2. The van der Waals surface area contributed by atoms with E-state index >= 15 is 0 Å². The average molecular weight is 613 g/mol. The Labute approximate surface area is 251 Å². The maximum atomic E-state index is 13.2. The summed E-state index contributed by atoms with van der Waals surface area (Å²) >= 11 is 0. The summed E-state index contributed by atoms with van der Waals surface area (Å²) in [5.41, 5.74) is 1.28. The minimum absolute atomic E-state index is 0.272. The average Bonchev–Trinajstić information content (AvgIpc) is 3.00. The van der Waals surface area contributed by atoms with Gasteiger partial charge in [-0.05, 0) is 61.4 Å². The fraction of sp³-hybridized carbons (Fsp3) is 0.258. The minimum Gasteiger partial charge on any atom is -0.493 e. The number of methoxy groups -OCH3 is 1. The number of fused-ring (bicyclic) bond motifs is 1. The van der Waals surface area contributed by atoms with Crippen LogP contribution in [0.1, 0.15) is 37.7 Å². The fourth-order valence-electron chi connectivity index (χ4n) is 4.33. The Morgan fingerprint density at radius 2 is 1.64 bits per heavy atom. The molecule has 0 saturated carbocycles.